The maximum Gasteiger partial charge on any atom is 0.143 e. The first-order valence-electron chi connectivity index (χ1n) is 4.46. The number of allylic oxidation sites excluding steroid dienone is 1. The fourth-order valence-electron chi connectivity index (χ4n) is 1.24. The fourth-order valence-corrected chi connectivity index (χ4v) is 1.24. The number of nitrogens with two attached hydrogens (primary N) is 3. The van der Waals surface area contributed by atoms with Gasteiger partial charge >= 0.3 is 0 Å². The van der Waals surface area contributed by atoms with Gasteiger partial charge in [-0.15, -0.1) is 6.58 Å². The molecule has 5 nitrogen and oxygen atoms in total. The van der Waals surface area contributed by atoms with Crippen LogP contribution in [0.3, 0.4) is 0 Å². The first-order chi connectivity index (χ1) is 7.11. The molecule has 1 aromatic rings. The third-order valence-corrected chi connectivity index (χ3v) is 2.08. The van der Waals surface area contributed by atoms with Gasteiger partial charge in [0.15, 0.2) is 0 Å². The molecule has 0 aliphatic heterocycles. The summed E-state index contributed by atoms with van der Waals surface area (Å²) >= 11 is 0. The maximum absolute atomic E-state index is 8.77. The van der Waals surface area contributed by atoms with Gasteiger partial charge in [-0.3, -0.25) is 0 Å². The van der Waals surface area contributed by atoms with Crippen LogP contribution in [0.1, 0.15) is 17.7 Å². The summed E-state index contributed by atoms with van der Waals surface area (Å²) < 4.78 is 0. The summed E-state index contributed by atoms with van der Waals surface area (Å²) in [6.45, 7) is 3.60. The zero-order chi connectivity index (χ0) is 11.4. The third-order valence-electron chi connectivity index (χ3n) is 2.08. The van der Waals surface area contributed by atoms with Crippen molar-refractivity contribution in [2.45, 2.75) is 12.8 Å². The topological polar surface area (TPSA) is 115 Å². The Hall–Kier alpha value is -2.22. The fraction of sp³-hybridized carbons (Fsp3) is 0.200. The Kier molecular flexibility index (Phi) is 3.13. The largest absolute Gasteiger partial charge is 0.396 e. The Morgan fingerprint density at radius 1 is 1.33 bits per heavy atom. The van der Waals surface area contributed by atoms with Gasteiger partial charge in [-0.25, -0.2) is 4.98 Å². The van der Waals surface area contributed by atoms with E-state index in [1.54, 1.807) is 6.08 Å². The van der Waals surface area contributed by atoms with Crippen molar-refractivity contribution in [2.24, 2.45) is 0 Å². The predicted octanol–water partition coefficient (Wildman–Crippen LogP) is 0.818. The first-order valence-corrected chi connectivity index (χ1v) is 4.46. The van der Waals surface area contributed by atoms with E-state index in [4.69, 9.17) is 22.5 Å². The molecule has 0 atom stereocenters. The van der Waals surface area contributed by atoms with Crippen LogP contribution in [0, 0.1) is 11.3 Å². The van der Waals surface area contributed by atoms with Gasteiger partial charge in [-0.2, -0.15) is 5.26 Å². The number of aryl methyl sites for hydroxylation is 1. The second kappa shape index (κ2) is 4.33. The van der Waals surface area contributed by atoms with Crippen molar-refractivity contribution in [1.82, 2.24) is 4.98 Å². The van der Waals surface area contributed by atoms with Crippen molar-refractivity contribution in [1.29, 1.82) is 5.26 Å². The van der Waals surface area contributed by atoms with Gasteiger partial charge in [0.2, 0.25) is 0 Å². The van der Waals surface area contributed by atoms with Crippen LogP contribution in [0.25, 0.3) is 0 Å². The second-order valence-corrected chi connectivity index (χ2v) is 3.09. The molecule has 5 heteroatoms. The van der Waals surface area contributed by atoms with Gasteiger partial charge in [-0.1, -0.05) is 6.08 Å². The normalized spacial score (nSPS) is 9.53. The highest BCUT2D eigenvalue weighted by atomic mass is 14.9. The van der Waals surface area contributed by atoms with Crippen molar-refractivity contribution >= 4 is 17.2 Å². The molecule has 0 unspecified atom stereocenters. The highest BCUT2D eigenvalue weighted by Crippen LogP contribution is 2.27. The molecule has 78 valence electrons. The minimum absolute atomic E-state index is 0.128. The van der Waals surface area contributed by atoms with E-state index in [-0.39, 0.29) is 17.1 Å². The van der Waals surface area contributed by atoms with E-state index >= 15 is 0 Å². The van der Waals surface area contributed by atoms with Crippen LogP contribution < -0.4 is 17.2 Å². The van der Waals surface area contributed by atoms with Crippen molar-refractivity contribution in [2.75, 3.05) is 17.2 Å². The molecule has 0 saturated heterocycles. The summed E-state index contributed by atoms with van der Waals surface area (Å²) in [6, 6.07) is 1.88. The van der Waals surface area contributed by atoms with Crippen molar-refractivity contribution in [3.05, 3.63) is 23.9 Å². The number of hydrogen-bond acceptors (Lipinski definition) is 5. The summed E-state index contributed by atoms with van der Waals surface area (Å²) in [4.78, 5) is 4.04. The average Bonchev–Trinajstić information content (AvgIpc) is 2.22. The molecule has 1 heterocycles. The predicted molar refractivity (Wildman–Crippen MR) is 60.7 cm³/mol. The molecule has 0 spiro atoms. The van der Waals surface area contributed by atoms with Gasteiger partial charge in [-0.05, 0) is 12.8 Å². The highest BCUT2D eigenvalue weighted by Gasteiger charge is 2.12. The molecule has 1 rings (SSSR count). The van der Waals surface area contributed by atoms with Crippen LogP contribution in [-0.2, 0) is 6.42 Å². The molecular weight excluding hydrogens is 190 g/mol. The summed E-state index contributed by atoms with van der Waals surface area (Å²) in [6.07, 6.45) is 3.11. The number of pyridine rings is 1. The van der Waals surface area contributed by atoms with E-state index in [0.717, 1.165) is 6.42 Å². The molecule has 0 amide bonds. The summed E-state index contributed by atoms with van der Waals surface area (Å²) in [5.41, 5.74) is 18.3. The molecule has 1 aromatic heterocycles. The molecule has 0 aromatic carbocycles. The Bertz CT molecular complexity index is 430. The zero-order valence-electron chi connectivity index (χ0n) is 8.33. The standard InChI is InChI=1S/C10H13N5/c1-2-3-4-7-9(13)8(12)6(5-11)10(14)15-7/h2H,1,3-4,13H2,(H4,12,14,15). The van der Waals surface area contributed by atoms with Gasteiger partial charge in [0.25, 0.3) is 0 Å². The average molecular weight is 203 g/mol. The molecule has 0 saturated carbocycles. The Labute approximate surface area is 88.2 Å². The van der Waals surface area contributed by atoms with Crippen molar-refractivity contribution in [3.8, 4) is 6.07 Å². The number of aromatic nitrogens is 1. The Morgan fingerprint density at radius 2 is 2.00 bits per heavy atom. The van der Waals surface area contributed by atoms with Crippen molar-refractivity contribution < 1.29 is 0 Å². The summed E-state index contributed by atoms with van der Waals surface area (Å²) in [5, 5.41) is 8.77. The van der Waals surface area contributed by atoms with E-state index in [2.05, 4.69) is 11.6 Å². The van der Waals surface area contributed by atoms with Crippen LogP contribution in [-0.4, -0.2) is 4.98 Å². The van der Waals surface area contributed by atoms with Crippen LogP contribution in [0.5, 0.6) is 0 Å². The number of anilines is 3. The molecule has 0 bridgehead atoms. The molecular formula is C10H13N5. The number of nitrogen functional groups attached to an aromatic ring is 3. The second-order valence-electron chi connectivity index (χ2n) is 3.09. The van der Waals surface area contributed by atoms with Gasteiger partial charge < -0.3 is 17.2 Å². The van der Waals surface area contributed by atoms with Gasteiger partial charge in [0.1, 0.15) is 17.5 Å². The lowest BCUT2D eigenvalue weighted by Crippen LogP contribution is -2.09. The summed E-state index contributed by atoms with van der Waals surface area (Å²) in [7, 11) is 0. The quantitative estimate of drug-likeness (QED) is 0.629. The first kappa shape index (κ1) is 10.9. The molecule has 0 aliphatic carbocycles. The van der Waals surface area contributed by atoms with E-state index in [1.807, 2.05) is 6.07 Å². The molecule has 15 heavy (non-hydrogen) atoms. The number of nitriles is 1. The highest BCUT2D eigenvalue weighted by molar-refractivity contribution is 5.77. The minimum Gasteiger partial charge on any atom is -0.396 e. The van der Waals surface area contributed by atoms with Gasteiger partial charge in [0, 0.05) is 0 Å². The van der Waals surface area contributed by atoms with Crippen LogP contribution in [0.2, 0.25) is 0 Å². The van der Waals surface area contributed by atoms with Crippen molar-refractivity contribution in [3.63, 3.8) is 0 Å². The van der Waals surface area contributed by atoms with E-state index in [1.165, 1.54) is 0 Å². The van der Waals surface area contributed by atoms with E-state index in [0.29, 0.717) is 17.8 Å². The SMILES string of the molecule is C=CCCc1nc(N)c(C#N)c(N)c1N. The maximum atomic E-state index is 8.77. The smallest absolute Gasteiger partial charge is 0.143 e. The number of rotatable bonds is 3. The Balaban J connectivity index is 3.22. The van der Waals surface area contributed by atoms with Crippen LogP contribution in [0.15, 0.2) is 12.7 Å². The Morgan fingerprint density at radius 3 is 2.53 bits per heavy atom. The monoisotopic (exact) mass is 203 g/mol. The third kappa shape index (κ3) is 1.99. The molecule has 0 radical (unpaired) electrons. The van der Waals surface area contributed by atoms with E-state index < -0.39 is 0 Å². The van der Waals surface area contributed by atoms with Crippen LogP contribution >= 0.6 is 0 Å². The minimum atomic E-state index is 0.128. The molecule has 0 fully saturated rings. The number of nitrogens with zero attached hydrogens (tertiary/aromatic N) is 2. The lowest BCUT2D eigenvalue weighted by atomic mass is 10.1. The molecule has 0 aliphatic rings. The summed E-state index contributed by atoms with van der Waals surface area (Å²) in [5.74, 6) is 0.128. The molecule has 6 N–H and O–H groups in total. The lowest BCUT2D eigenvalue weighted by Gasteiger charge is -2.09. The zero-order valence-corrected chi connectivity index (χ0v) is 8.33. The van der Waals surface area contributed by atoms with Crippen LogP contribution in [0.4, 0.5) is 17.2 Å². The van der Waals surface area contributed by atoms with E-state index in [9.17, 15) is 0 Å². The number of hydrogen-bond donors (Lipinski definition) is 3. The lowest BCUT2D eigenvalue weighted by molar-refractivity contribution is 0.953. The van der Waals surface area contributed by atoms with Gasteiger partial charge in [0.05, 0.1) is 17.1 Å².